The Labute approximate surface area is 121 Å². The molecule has 0 bridgehead atoms. The Morgan fingerprint density at radius 1 is 1.26 bits per heavy atom. The molecule has 2 rings (SSSR count). The molecular formula is C13H11BrF3NS. The molecule has 0 fully saturated rings. The van der Waals surface area contributed by atoms with Crippen molar-refractivity contribution >= 4 is 27.3 Å². The fourth-order valence-corrected chi connectivity index (χ4v) is 3.00. The molecule has 1 nitrogen and oxygen atoms in total. The molecule has 0 aliphatic carbocycles. The van der Waals surface area contributed by atoms with Crippen LogP contribution in [-0.2, 0) is 12.6 Å². The first-order chi connectivity index (χ1) is 8.88. The number of hydrogen-bond acceptors (Lipinski definition) is 2. The number of benzene rings is 1. The molecule has 102 valence electrons. The monoisotopic (exact) mass is 349 g/mol. The van der Waals surface area contributed by atoms with Crippen molar-refractivity contribution < 1.29 is 13.2 Å². The zero-order chi connectivity index (χ0) is 14.0. The second-order valence-corrected chi connectivity index (χ2v) is 5.81. The van der Waals surface area contributed by atoms with Gasteiger partial charge in [-0.1, -0.05) is 15.9 Å². The van der Waals surface area contributed by atoms with Gasteiger partial charge in [-0.25, -0.2) is 0 Å². The third-order valence-electron chi connectivity index (χ3n) is 2.76. The first-order valence-electron chi connectivity index (χ1n) is 5.51. The molecule has 6 heteroatoms. The van der Waals surface area contributed by atoms with Gasteiger partial charge in [-0.15, -0.1) is 0 Å². The third kappa shape index (κ3) is 3.58. The Balaban J connectivity index is 2.28. The molecule has 0 saturated carbocycles. The van der Waals surface area contributed by atoms with Crippen LogP contribution in [0.3, 0.4) is 0 Å². The van der Waals surface area contributed by atoms with Gasteiger partial charge in [0.25, 0.3) is 0 Å². The summed E-state index contributed by atoms with van der Waals surface area (Å²) < 4.78 is 38.7. The van der Waals surface area contributed by atoms with E-state index in [4.69, 9.17) is 5.73 Å². The van der Waals surface area contributed by atoms with Gasteiger partial charge >= 0.3 is 6.18 Å². The van der Waals surface area contributed by atoms with E-state index in [9.17, 15) is 13.2 Å². The van der Waals surface area contributed by atoms with Gasteiger partial charge < -0.3 is 5.73 Å². The molecule has 1 aromatic heterocycles. The van der Waals surface area contributed by atoms with E-state index in [0.717, 1.165) is 17.7 Å². The Morgan fingerprint density at radius 3 is 2.58 bits per heavy atom. The van der Waals surface area contributed by atoms with Crippen molar-refractivity contribution in [2.24, 2.45) is 5.73 Å². The highest BCUT2D eigenvalue weighted by Crippen LogP contribution is 2.34. The average molecular weight is 350 g/mol. The van der Waals surface area contributed by atoms with Crippen molar-refractivity contribution in [2.45, 2.75) is 18.6 Å². The van der Waals surface area contributed by atoms with E-state index in [1.807, 2.05) is 16.8 Å². The Kier molecular flexibility index (Phi) is 4.32. The lowest BCUT2D eigenvalue weighted by atomic mass is 9.99. The summed E-state index contributed by atoms with van der Waals surface area (Å²) in [5.74, 6) is 0. The standard InChI is InChI=1S/C13H11BrF3NS/c14-11-2-1-9(13(15,16)17)6-10(11)12(18)5-8-3-4-19-7-8/h1-4,6-7,12H,5,18H2. The molecule has 19 heavy (non-hydrogen) atoms. The topological polar surface area (TPSA) is 26.0 Å². The highest BCUT2D eigenvalue weighted by molar-refractivity contribution is 9.10. The van der Waals surface area contributed by atoms with Crippen LogP contribution in [0.1, 0.15) is 22.7 Å². The van der Waals surface area contributed by atoms with Crippen LogP contribution < -0.4 is 5.73 Å². The fraction of sp³-hybridized carbons (Fsp3) is 0.231. The molecule has 0 aliphatic heterocycles. The zero-order valence-electron chi connectivity index (χ0n) is 9.75. The van der Waals surface area contributed by atoms with E-state index < -0.39 is 17.8 Å². The summed E-state index contributed by atoms with van der Waals surface area (Å²) in [6, 6.07) is 5.01. The molecule has 1 aromatic carbocycles. The van der Waals surface area contributed by atoms with Gasteiger partial charge in [0.2, 0.25) is 0 Å². The summed E-state index contributed by atoms with van der Waals surface area (Å²) in [5, 5.41) is 3.87. The number of alkyl halides is 3. The second-order valence-electron chi connectivity index (χ2n) is 4.18. The summed E-state index contributed by atoms with van der Waals surface area (Å²) in [5.41, 5.74) is 6.83. The summed E-state index contributed by atoms with van der Waals surface area (Å²) in [4.78, 5) is 0. The number of nitrogens with two attached hydrogens (primary N) is 1. The highest BCUT2D eigenvalue weighted by Gasteiger charge is 2.31. The average Bonchev–Trinajstić information content (AvgIpc) is 2.80. The lowest BCUT2D eigenvalue weighted by Crippen LogP contribution is -2.15. The number of halogens is 4. The highest BCUT2D eigenvalue weighted by atomic mass is 79.9. The van der Waals surface area contributed by atoms with Crippen LogP contribution in [-0.4, -0.2) is 0 Å². The Hall–Kier alpha value is -0.850. The van der Waals surface area contributed by atoms with Crippen LogP contribution in [0.2, 0.25) is 0 Å². The smallest absolute Gasteiger partial charge is 0.324 e. The van der Waals surface area contributed by atoms with Gasteiger partial charge in [-0.05, 0) is 52.6 Å². The van der Waals surface area contributed by atoms with Crippen LogP contribution in [0.15, 0.2) is 39.5 Å². The maximum absolute atomic E-state index is 12.7. The summed E-state index contributed by atoms with van der Waals surface area (Å²) in [6.45, 7) is 0. The van der Waals surface area contributed by atoms with Crippen molar-refractivity contribution in [3.05, 3.63) is 56.2 Å². The minimum atomic E-state index is -4.35. The number of hydrogen-bond donors (Lipinski definition) is 1. The quantitative estimate of drug-likeness (QED) is 0.848. The SMILES string of the molecule is NC(Cc1ccsc1)c1cc(C(F)(F)F)ccc1Br. The van der Waals surface area contributed by atoms with E-state index in [1.54, 1.807) is 11.3 Å². The van der Waals surface area contributed by atoms with Crippen molar-refractivity contribution in [1.29, 1.82) is 0 Å². The van der Waals surface area contributed by atoms with Crippen molar-refractivity contribution in [3.8, 4) is 0 Å². The number of rotatable bonds is 3. The predicted molar refractivity (Wildman–Crippen MR) is 74.1 cm³/mol. The minimum Gasteiger partial charge on any atom is -0.324 e. The van der Waals surface area contributed by atoms with Crippen LogP contribution in [0.25, 0.3) is 0 Å². The van der Waals surface area contributed by atoms with E-state index in [0.29, 0.717) is 16.5 Å². The van der Waals surface area contributed by atoms with Gasteiger partial charge in [0.1, 0.15) is 0 Å². The van der Waals surface area contributed by atoms with E-state index in [2.05, 4.69) is 15.9 Å². The lowest BCUT2D eigenvalue weighted by Gasteiger charge is -2.16. The minimum absolute atomic E-state index is 0.466. The van der Waals surface area contributed by atoms with Crippen LogP contribution in [0.5, 0.6) is 0 Å². The molecule has 0 aliphatic rings. The normalized spacial score (nSPS) is 13.5. The molecule has 1 atom stereocenters. The van der Waals surface area contributed by atoms with Crippen LogP contribution >= 0.6 is 27.3 Å². The molecule has 0 spiro atoms. The van der Waals surface area contributed by atoms with Crippen molar-refractivity contribution in [3.63, 3.8) is 0 Å². The Bertz CT molecular complexity index is 552. The van der Waals surface area contributed by atoms with Gasteiger partial charge in [0.05, 0.1) is 5.56 Å². The molecule has 0 amide bonds. The molecule has 2 N–H and O–H groups in total. The summed E-state index contributed by atoms with van der Waals surface area (Å²) >= 11 is 4.80. The molecule has 1 unspecified atom stereocenters. The molecule has 0 saturated heterocycles. The largest absolute Gasteiger partial charge is 0.416 e. The van der Waals surface area contributed by atoms with Crippen molar-refractivity contribution in [2.75, 3.05) is 0 Å². The van der Waals surface area contributed by atoms with E-state index in [-0.39, 0.29) is 0 Å². The Morgan fingerprint density at radius 2 is 2.00 bits per heavy atom. The first-order valence-corrected chi connectivity index (χ1v) is 7.25. The molecule has 1 heterocycles. The molecule has 2 aromatic rings. The lowest BCUT2D eigenvalue weighted by molar-refractivity contribution is -0.137. The van der Waals surface area contributed by atoms with Crippen LogP contribution in [0.4, 0.5) is 13.2 Å². The van der Waals surface area contributed by atoms with Gasteiger partial charge in [0, 0.05) is 10.5 Å². The maximum atomic E-state index is 12.7. The van der Waals surface area contributed by atoms with Gasteiger partial charge in [0.15, 0.2) is 0 Å². The maximum Gasteiger partial charge on any atom is 0.416 e. The van der Waals surface area contributed by atoms with E-state index >= 15 is 0 Å². The number of thiophene rings is 1. The first kappa shape index (κ1) is 14.6. The van der Waals surface area contributed by atoms with Gasteiger partial charge in [-0.2, -0.15) is 24.5 Å². The second kappa shape index (κ2) is 5.64. The van der Waals surface area contributed by atoms with Crippen LogP contribution in [0, 0.1) is 0 Å². The molecule has 0 radical (unpaired) electrons. The predicted octanol–water partition coefficient (Wildman–Crippen LogP) is 4.77. The van der Waals surface area contributed by atoms with Gasteiger partial charge in [-0.3, -0.25) is 0 Å². The molecular weight excluding hydrogens is 339 g/mol. The summed E-state index contributed by atoms with van der Waals surface area (Å²) in [7, 11) is 0. The fourth-order valence-electron chi connectivity index (χ4n) is 1.78. The van der Waals surface area contributed by atoms with Crippen molar-refractivity contribution in [1.82, 2.24) is 0 Å². The van der Waals surface area contributed by atoms with E-state index in [1.165, 1.54) is 6.07 Å². The summed E-state index contributed by atoms with van der Waals surface area (Å²) in [6.07, 6.45) is -3.83. The third-order valence-corrected chi connectivity index (χ3v) is 4.21. The zero-order valence-corrected chi connectivity index (χ0v) is 12.1.